The normalized spacial score (nSPS) is 10.2. The summed E-state index contributed by atoms with van der Waals surface area (Å²) in [6.45, 7) is 1.94. The first-order chi connectivity index (χ1) is 9.77. The minimum absolute atomic E-state index is 0.560. The van der Waals surface area contributed by atoms with Crippen LogP contribution in [-0.4, -0.2) is 4.57 Å². The summed E-state index contributed by atoms with van der Waals surface area (Å²) in [5.74, 6) is 0. The van der Waals surface area contributed by atoms with Gasteiger partial charge >= 0.3 is 0 Å². The van der Waals surface area contributed by atoms with Crippen molar-refractivity contribution in [2.75, 3.05) is 0 Å². The highest BCUT2D eigenvalue weighted by Gasteiger charge is 2.16. The number of aromatic nitrogens is 1. The molecule has 0 N–H and O–H groups in total. The summed E-state index contributed by atoms with van der Waals surface area (Å²) in [4.78, 5) is 0. The molecule has 20 heavy (non-hydrogen) atoms. The third-order valence-corrected chi connectivity index (χ3v) is 3.50. The molecule has 3 nitrogen and oxygen atoms in total. The lowest BCUT2D eigenvalue weighted by molar-refractivity contribution is 1.08. The molecule has 0 bridgehead atoms. The number of benzene rings is 2. The minimum Gasteiger partial charge on any atom is -0.299 e. The Morgan fingerprint density at radius 2 is 1.60 bits per heavy atom. The molecule has 0 spiro atoms. The molecule has 0 aliphatic rings. The van der Waals surface area contributed by atoms with Gasteiger partial charge in [0.05, 0.1) is 16.8 Å². The summed E-state index contributed by atoms with van der Waals surface area (Å²) in [5.41, 5.74) is 3.77. The molecule has 0 aliphatic carbocycles. The predicted molar refractivity (Wildman–Crippen MR) is 77.4 cm³/mol. The molecule has 0 atom stereocenters. The Labute approximate surface area is 116 Å². The van der Waals surface area contributed by atoms with E-state index < -0.39 is 0 Å². The van der Waals surface area contributed by atoms with Crippen LogP contribution in [0, 0.1) is 29.6 Å². The van der Waals surface area contributed by atoms with E-state index in [4.69, 9.17) is 0 Å². The van der Waals surface area contributed by atoms with E-state index in [0.29, 0.717) is 11.3 Å². The molecule has 0 aliphatic heterocycles. The van der Waals surface area contributed by atoms with Crippen LogP contribution < -0.4 is 0 Å². The Bertz CT molecular complexity index is 889. The van der Waals surface area contributed by atoms with Crippen LogP contribution in [-0.2, 0) is 0 Å². The smallest absolute Gasteiger partial charge is 0.128 e. The second kappa shape index (κ2) is 4.57. The van der Waals surface area contributed by atoms with E-state index in [-0.39, 0.29) is 0 Å². The van der Waals surface area contributed by atoms with E-state index in [9.17, 15) is 10.5 Å². The van der Waals surface area contributed by atoms with Crippen molar-refractivity contribution in [3.05, 3.63) is 65.4 Å². The highest BCUT2D eigenvalue weighted by molar-refractivity contribution is 5.88. The quantitative estimate of drug-likeness (QED) is 0.667. The van der Waals surface area contributed by atoms with E-state index in [0.717, 1.165) is 22.2 Å². The van der Waals surface area contributed by atoms with Crippen molar-refractivity contribution < 1.29 is 0 Å². The van der Waals surface area contributed by atoms with Crippen molar-refractivity contribution in [2.45, 2.75) is 6.92 Å². The van der Waals surface area contributed by atoms with Gasteiger partial charge in [0.25, 0.3) is 0 Å². The number of hydrogen-bond acceptors (Lipinski definition) is 2. The Kier molecular flexibility index (Phi) is 2.75. The van der Waals surface area contributed by atoms with Gasteiger partial charge in [0, 0.05) is 5.39 Å². The van der Waals surface area contributed by atoms with Gasteiger partial charge in [-0.05, 0) is 30.7 Å². The first kappa shape index (κ1) is 12.0. The van der Waals surface area contributed by atoms with Crippen LogP contribution in [0.5, 0.6) is 0 Å². The molecule has 3 aromatic rings. The zero-order chi connectivity index (χ0) is 14.1. The SMILES string of the molecule is Cc1c(C#N)n(-c2ccccc2C#N)c2ccccc12. The van der Waals surface area contributed by atoms with Gasteiger partial charge < -0.3 is 0 Å². The zero-order valence-electron chi connectivity index (χ0n) is 11.0. The second-order valence-electron chi connectivity index (χ2n) is 4.57. The topological polar surface area (TPSA) is 52.5 Å². The van der Waals surface area contributed by atoms with Crippen LogP contribution >= 0.6 is 0 Å². The summed E-state index contributed by atoms with van der Waals surface area (Å²) >= 11 is 0. The lowest BCUT2D eigenvalue weighted by atomic mass is 10.1. The van der Waals surface area contributed by atoms with Gasteiger partial charge in [-0.3, -0.25) is 4.57 Å². The van der Waals surface area contributed by atoms with Crippen molar-refractivity contribution in [1.82, 2.24) is 4.57 Å². The molecule has 0 saturated carbocycles. The Morgan fingerprint density at radius 1 is 0.900 bits per heavy atom. The van der Waals surface area contributed by atoms with Gasteiger partial charge in [0.15, 0.2) is 0 Å². The summed E-state index contributed by atoms with van der Waals surface area (Å²) in [6.07, 6.45) is 0. The molecule has 0 saturated heterocycles. The van der Waals surface area contributed by atoms with Crippen LogP contribution in [0.3, 0.4) is 0 Å². The van der Waals surface area contributed by atoms with E-state index in [2.05, 4.69) is 12.1 Å². The van der Waals surface area contributed by atoms with E-state index in [1.54, 1.807) is 6.07 Å². The highest BCUT2D eigenvalue weighted by Crippen LogP contribution is 2.29. The maximum Gasteiger partial charge on any atom is 0.128 e. The first-order valence-electron chi connectivity index (χ1n) is 6.27. The zero-order valence-corrected chi connectivity index (χ0v) is 11.0. The molecule has 1 aromatic heterocycles. The molecule has 3 heteroatoms. The predicted octanol–water partition coefficient (Wildman–Crippen LogP) is 3.68. The molecule has 2 aromatic carbocycles. The number of aryl methyl sites for hydroxylation is 1. The molecule has 0 radical (unpaired) electrons. The minimum atomic E-state index is 0.560. The Morgan fingerprint density at radius 3 is 2.35 bits per heavy atom. The lowest BCUT2D eigenvalue weighted by Crippen LogP contribution is -2.00. The third kappa shape index (κ3) is 1.58. The Balaban J connectivity index is 2.49. The molecule has 1 heterocycles. The molecular formula is C17H11N3. The number of nitriles is 2. The standard InChI is InChI=1S/C17H11N3/c1-12-14-7-3-5-9-16(14)20(17(12)11-19)15-8-4-2-6-13(15)10-18/h2-9H,1H3. The van der Waals surface area contributed by atoms with Crippen molar-refractivity contribution in [1.29, 1.82) is 10.5 Å². The number of rotatable bonds is 1. The van der Waals surface area contributed by atoms with Gasteiger partial charge in [-0.2, -0.15) is 10.5 Å². The fraction of sp³-hybridized carbons (Fsp3) is 0.0588. The van der Waals surface area contributed by atoms with Gasteiger partial charge in [0.1, 0.15) is 17.8 Å². The molecule has 0 fully saturated rings. The second-order valence-corrected chi connectivity index (χ2v) is 4.57. The van der Waals surface area contributed by atoms with E-state index in [1.807, 2.05) is 54.0 Å². The summed E-state index contributed by atoms with van der Waals surface area (Å²) < 4.78 is 1.86. The highest BCUT2D eigenvalue weighted by atomic mass is 15.0. The van der Waals surface area contributed by atoms with Crippen LogP contribution in [0.4, 0.5) is 0 Å². The molecule has 0 amide bonds. The van der Waals surface area contributed by atoms with Crippen LogP contribution in [0.25, 0.3) is 16.6 Å². The average molecular weight is 257 g/mol. The third-order valence-electron chi connectivity index (χ3n) is 3.50. The van der Waals surface area contributed by atoms with E-state index in [1.165, 1.54) is 0 Å². The van der Waals surface area contributed by atoms with Gasteiger partial charge in [-0.15, -0.1) is 0 Å². The Hall–Kier alpha value is -3.04. The summed E-state index contributed by atoms with van der Waals surface area (Å²) in [6, 6.07) is 19.6. The summed E-state index contributed by atoms with van der Waals surface area (Å²) in [7, 11) is 0. The largest absolute Gasteiger partial charge is 0.299 e. The van der Waals surface area contributed by atoms with Gasteiger partial charge in [-0.1, -0.05) is 30.3 Å². The monoisotopic (exact) mass is 257 g/mol. The molecule has 94 valence electrons. The first-order valence-corrected chi connectivity index (χ1v) is 6.27. The number of fused-ring (bicyclic) bond motifs is 1. The average Bonchev–Trinajstić information content (AvgIpc) is 2.80. The summed E-state index contributed by atoms with van der Waals surface area (Å²) in [5, 5.41) is 19.8. The van der Waals surface area contributed by atoms with Crippen LogP contribution in [0.15, 0.2) is 48.5 Å². The maximum atomic E-state index is 9.47. The number of hydrogen-bond donors (Lipinski definition) is 0. The lowest BCUT2D eigenvalue weighted by Gasteiger charge is -2.08. The number of nitrogens with zero attached hydrogens (tertiary/aromatic N) is 3. The van der Waals surface area contributed by atoms with Crippen molar-refractivity contribution >= 4 is 10.9 Å². The van der Waals surface area contributed by atoms with Gasteiger partial charge in [-0.25, -0.2) is 0 Å². The van der Waals surface area contributed by atoms with Gasteiger partial charge in [0.2, 0.25) is 0 Å². The van der Waals surface area contributed by atoms with Crippen molar-refractivity contribution in [2.24, 2.45) is 0 Å². The molecule has 3 rings (SSSR count). The number of para-hydroxylation sites is 2. The fourth-order valence-electron chi connectivity index (χ4n) is 2.55. The maximum absolute atomic E-state index is 9.47. The van der Waals surface area contributed by atoms with Crippen molar-refractivity contribution in [3.8, 4) is 17.8 Å². The molecular weight excluding hydrogens is 246 g/mol. The van der Waals surface area contributed by atoms with E-state index >= 15 is 0 Å². The molecule has 0 unspecified atom stereocenters. The van der Waals surface area contributed by atoms with Crippen molar-refractivity contribution in [3.63, 3.8) is 0 Å². The van der Waals surface area contributed by atoms with Crippen LogP contribution in [0.2, 0.25) is 0 Å². The van der Waals surface area contributed by atoms with Crippen LogP contribution in [0.1, 0.15) is 16.8 Å². The fourth-order valence-corrected chi connectivity index (χ4v) is 2.55.